The fourth-order valence-electron chi connectivity index (χ4n) is 2.94. The van der Waals surface area contributed by atoms with Gasteiger partial charge in [-0.25, -0.2) is 0 Å². The van der Waals surface area contributed by atoms with Crippen LogP contribution in [-0.4, -0.2) is 49.9 Å². The van der Waals surface area contributed by atoms with Crippen LogP contribution in [-0.2, 0) is 14.3 Å². The SMILES string of the molecule is COC(=O)C1CCN(C(=O)CCC(=O)c2cc(Cl)ccc2OC)CC1. The number of hydrogen-bond donors (Lipinski definition) is 0. The molecule has 1 aromatic rings. The topological polar surface area (TPSA) is 72.9 Å². The van der Waals surface area contributed by atoms with E-state index < -0.39 is 0 Å². The number of ketones is 1. The molecule has 2 rings (SSSR count). The molecule has 0 saturated carbocycles. The maximum Gasteiger partial charge on any atom is 0.308 e. The number of esters is 1. The number of likely N-dealkylation sites (tertiary alicyclic amines) is 1. The quantitative estimate of drug-likeness (QED) is 0.571. The molecule has 0 bridgehead atoms. The molecular formula is C18H22ClNO5. The average molecular weight is 368 g/mol. The number of ether oxygens (including phenoxy) is 2. The smallest absolute Gasteiger partial charge is 0.308 e. The third-order valence-corrected chi connectivity index (χ3v) is 4.65. The molecule has 7 heteroatoms. The van der Waals surface area contributed by atoms with Gasteiger partial charge in [-0.1, -0.05) is 11.6 Å². The van der Waals surface area contributed by atoms with E-state index in [1.54, 1.807) is 23.1 Å². The predicted molar refractivity (Wildman–Crippen MR) is 92.9 cm³/mol. The number of carbonyl (C=O) groups is 3. The van der Waals surface area contributed by atoms with Crippen molar-refractivity contribution in [3.8, 4) is 5.75 Å². The van der Waals surface area contributed by atoms with Crippen LogP contribution in [0.2, 0.25) is 5.02 Å². The summed E-state index contributed by atoms with van der Waals surface area (Å²) in [5.74, 6) is -0.197. The number of benzene rings is 1. The molecule has 0 atom stereocenters. The fourth-order valence-corrected chi connectivity index (χ4v) is 3.11. The van der Waals surface area contributed by atoms with Crippen molar-refractivity contribution in [3.05, 3.63) is 28.8 Å². The Kier molecular flexibility index (Phi) is 6.82. The van der Waals surface area contributed by atoms with Crippen LogP contribution in [0.3, 0.4) is 0 Å². The van der Waals surface area contributed by atoms with E-state index >= 15 is 0 Å². The van der Waals surface area contributed by atoms with Gasteiger partial charge in [0.05, 0.1) is 25.7 Å². The minimum absolute atomic E-state index is 0.0855. The Morgan fingerprint density at radius 3 is 2.44 bits per heavy atom. The van der Waals surface area contributed by atoms with Crippen LogP contribution in [0, 0.1) is 5.92 Å². The molecule has 1 fully saturated rings. The van der Waals surface area contributed by atoms with Gasteiger partial charge in [0.15, 0.2) is 5.78 Å². The third-order valence-electron chi connectivity index (χ3n) is 4.41. The highest BCUT2D eigenvalue weighted by atomic mass is 35.5. The first kappa shape index (κ1) is 19.2. The molecule has 1 saturated heterocycles. The lowest BCUT2D eigenvalue weighted by Crippen LogP contribution is -2.40. The molecule has 1 heterocycles. The molecule has 1 amide bonds. The Labute approximate surface area is 152 Å². The molecule has 6 nitrogen and oxygen atoms in total. The lowest BCUT2D eigenvalue weighted by molar-refractivity contribution is -0.148. The van der Waals surface area contributed by atoms with Crippen molar-refractivity contribution in [2.24, 2.45) is 5.92 Å². The second-order valence-corrected chi connectivity index (χ2v) is 6.38. The molecule has 0 radical (unpaired) electrons. The second-order valence-electron chi connectivity index (χ2n) is 5.95. The first-order valence-corrected chi connectivity index (χ1v) is 8.56. The van der Waals surface area contributed by atoms with Crippen LogP contribution in [0.4, 0.5) is 0 Å². The van der Waals surface area contributed by atoms with E-state index in [0.717, 1.165) is 0 Å². The molecule has 136 valence electrons. The summed E-state index contributed by atoms with van der Waals surface area (Å²) in [6.07, 6.45) is 1.40. The number of carbonyl (C=O) groups excluding carboxylic acids is 3. The van der Waals surface area contributed by atoms with E-state index in [1.165, 1.54) is 14.2 Å². The van der Waals surface area contributed by atoms with Gasteiger partial charge in [0.1, 0.15) is 5.75 Å². The van der Waals surface area contributed by atoms with Gasteiger partial charge in [0.2, 0.25) is 5.91 Å². The summed E-state index contributed by atoms with van der Waals surface area (Å²) < 4.78 is 9.91. The molecule has 25 heavy (non-hydrogen) atoms. The minimum Gasteiger partial charge on any atom is -0.496 e. The summed E-state index contributed by atoms with van der Waals surface area (Å²) in [5.41, 5.74) is 0.382. The number of rotatable bonds is 6. The highest BCUT2D eigenvalue weighted by molar-refractivity contribution is 6.31. The van der Waals surface area contributed by atoms with Gasteiger partial charge in [0, 0.05) is 31.0 Å². The average Bonchev–Trinajstić information content (AvgIpc) is 2.65. The van der Waals surface area contributed by atoms with Gasteiger partial charge in [-0.3, -0.25) is 14.4 Å². The Morgan fingerprint density at radius 1 is 1.16 bits per heavy atom. The van der Waals surface area contributed by atoms with Crippen LogP contribution >= 0.6 is 11.6 Å². The second kappa shape index (κ2) is 8.85. The molecule has 0 N–H and O–H groups in total. The Hall–Kier alpha value is -2.08. The maximum atomic E-state index is 12.4. The fraction of sp³-hybridized carbons (Fsp3) is 0.500. The van der Waals surface area contributed by atoms with Gasteiger partial charge >= 0.3 is 5.97 Å². The molecule has 1 aliphatic rings. The number of methoxy groups -OCH3 is 2. The first-order chi connectivity index (χ1) is 12.0. The molecule has 0 unspecified atom stereocenters. The van der Waals surface area contributed by atoms with Crippen molar-refractivity contribution in [1.29, 1.82) is 0 Å². The zero-order valence-corrected chi connectivity index (χ0v) is 15.2. The number of hydrogen-bond acceptors (Lipinski definition) is 5. The van der Waals surface area contributed by atoms with Gasteiger partial charge in [0.25, 0.3) is 0 Å². The van der Waals surface area contributed by atoms with Crippen molar-refractivity contribution in [2.45, 2.75) is 25.7 Å². The first-order valence-electron chi connectivity index (χ1n) is 8.18. The number of piperidine rings is 1. The summed E-state index contributed by atoms with van der Waals surface area (Å²) >= 11 is 5.93. The van der Waals surface area contributed by atoms with E-state index in [0.29, 0.717) is 42.3 Å². The highest BCUT2D eigenvalue weighted by Crippen LogP contribution is 2.25. The zero-order valence-electron chi connectivity index (χ0n) is 14.4. The molecular weight excluding hydrogens is 346 g/mol. The van der Waals surface area contributed by atoms with E-state index in [-0.39, 0.29) is 36.4 Å². The number of halogens is 1. The lowest BCUT2D eigenvalue weighted by atomic mass is 9.96. The van der Waals surface area contributed by atoms with Crippen LogP contribution < -0.4 is 4.74 Å². The Balaban J connectivity index is 1.87. The van der Waals surface area contributed by atoms with E-state index in [9.17, 15) is 14.4 Å². The minimum atomic E-state index is -0.227. The predicted octanol–water partition coefficient (Wildman–Crippen LogP) is 2.72. The van der Waals surface area contributed by atoms with E-state index in [4.69, 9.17) is 21.1 Å². The van der Waals surface area contributed by atoms with Gasteiger partial charge in [-0.05, 0) is 31.0 Å². The zero-order chi connectivity index (χ0) is 18.4. The highest BCUT2D eigenvalue weighted by Gasteiger charge is 2.28. The summed E-state index contributed by atoms with van der Waals surface area (Å²) in [6, 6.07) is 4.83. The van der Waals surface area contributed by atoms with Crippen molar-refractivity contribution >= 4 is 29.3 Å². The summed E-state index contributed by atoms with van der Waals surface area (Å²) in [4.78, 5) is 37.9. The Morgan fingerprint density at radius 2 is 1.84 bits per heavy atom. The van der Waals surface area contributed by atoms with Gasteiger partial charge < -0.3 is 14.4 Å². The van der Waals surface area contributed by atoms with Crippen LogP contribution in [0.25, 0.3) is 0 Å². The molecule has 1 aliphatic heterocycles. The third kappa shape index (κ3) is 4.95. The Bertz CT molecular complexity index is 653. The largest absolute Gasteiger partial charge is 0.496 e. The van der Waals surface area contributed by atoms with E-state index in [2.05, 4.69) is 0 Å². The molecule has 0 aromatic heterocycles. The molecule has 0 spiro atoms. The maximum absolute atomic E-state index is 12.4. The van der Waals surface area contributed by atoms with Crippen molar-refractivity contribution in [3.63, 3.8) is 0 Å². The van der Waals surface area contributed by atoms with Crippen molar-refractivity contribution < 1.29 is 23.9 Å². The number of nitrogens with zero attached hydrogens (tertiary/aromatic N) is 1. The monoisotopic (exact) mass is 367 g/mol. The van der Waals surface area contributed by atoms with Crippen molar-refractivity contribution in [2.75, 3.05) is 27.3 Å². The van der Waals surface area contributed by atoms with Crippen LogP contribution in [0.1, 0.15) is 36.0 Å². The van der Waals surface area contributed by atoms with Crippen LogP contribution in [0.15, 0.2) is 18.2 Å². The molecule has 1 aromatic carbocycles. The summed E-state index contributed by atoms with van der Waals surface area (Å²) in [6.45, 7) is 1.01. The van der Waals surface area contributed by atoms with Crippen LogP contribution in [0.5, 0.6) is 5.75 Å². The summed E-state index contributed by atoms with van der Waals surface area (Å²) in [5, 5.41) is 0.445. The van der Waals surface area contributed by atoms with Crippen molar-refractivity contribution in [1.82, 2.24) is 4.90 Å². The molecule has 0 aliphatic carbocycles. The lowest BCUT2D eigenvalue weighted by Gasteiger charge is -2.30. The normalized spacial score (nSPS) is 14.9. The standard InChI is InChI=1S/C18H22ClNO5/c1-24-16-5-3-13(19)11-14(16)15(21)4-6-17(22)20-9-7-12(8-10-20)18(23)25-2/h3,5,11-12H,4,6-10H2,1-2H3. The number of Topliss-reactive ketones (excluding diaryl/α,β-unsaturated/α-hetero) is 1. The van der Waals surface area contributed by atoms with E-state index in [1.807, 2.05) is 0 Å². The van der Waals surface area contributed by atoms with Gasteiger partial charge in [-0.2, -0.15) is 0 Å². The summed E-state index contributed by atoms with van der Waals surface area (Å²) in [7, 11) is 2.85. The number of amides is 1. The van der Waals surface area contributed by atoms with Gasteiger partial charge in [-0.15, -0.1) is 0 Å².